The van der Waals surface area contributed by atoms with Crippen molar-refractivity contribution in [2.45, 2.75) is 64.1 Å². The Bertz CT molecular complexity index is 425. The van der Waals surface area contributed by atoms with Crippen LogP contribution in [0.25, 0.3) is 0 Å². The van der Waals surface area contributed by atoms with E-state index >= 15 is 0 Å². The van der Waals surface area contributed by atoms with Crippen LogP contribution in [-0.4, -0.2) is 28.8 Å². The molecule has 3 rings (SSSR count). The van der Waals surface area contributed by atoms with E-state index in [1.165, 1.54) is 37.8 Å². The Morgan fingerprint density at radius 2 is 2.10 bits per heavy atom. The van der Waals surface area contributed by atoms with Gasteiger partial charge >= 0.3 is 0 Å². The van der Waals surface area contributed by atoms with Crippen LogP contribution in [0, 0.1) is 5.92 Å². The van der Waals surface area contributed by atoms with Gasteiger partial charge in [-0.05, 0) is 51.9 Å². The summed E-state index contributed by atoms with van der Waals surface area (Å²) in [5, 5.41) is 3.73. The third-order valence-electron chi connectivity index (χ3n) is 5.06. The molecule has 2 aliphatic rings. The van der Waals surface area contributed by atoms with Crippen LogP contribution in [0.4, 0.5) is 0 Å². The first-order valence-corrected chi connectivity index (χ1v) is 8.11. The van der Waals surface area contributed by atoms with Gasteiger partial charge in [0.1, 0.15) is 0 Å². The summed E-state index contributed by atoms with van der Waals surface area (Å²) in [5.41, 5.74) is 1.37. The molecule has 112 valence electrons. The SMILES string of the molecule is CC1CCCC(c2cncn2C(C)C2CCOCC2)N1. The van der Waals surface area contributed by atoms with Crippen LogP contribution in [0.2, 0.25) is 0 Å². The van der Waals surface area contributed by atoms with Crippen LogP contribution in [0.1, 0.15) is 63.7 Å². The first-order valence-electron chi connectivity index (χ1n) is 8.11. The van der Waals surface area contributed by atoms with Gasteiger partial charge in [0.15, 0.2) is 0 Å². The highest BCUT2D eigenvalue weighted by Gasteiger charge is 2.27. The fourth-order valence-corrected chi connectivity index (χ4v) is 3.72. The van der Waals surface area contributed by atoms with Crippen LogP contribution in [0.3, 0.4) is 0 Å². The second-order valence-electron chi connectivity index (χ2n) is 6.47. The zero-order valence-electron chi connectivity index (χ0n) is 12.7. The van der Waals surface area contributed by atoms with Gasteiger partial charge in [0.25, 0.3) is 0 Å². The summed E-state index contributed by atoms with van der Waals surface area (Å²) in [4.78, 5) is 4.43. The number of imidazole rings is 1. The van der Waals surface area contributed by atoms with E-state index < -0.39 is 0 Å². The average Bonchev–Trinajstić information content (AvgIpc) is 2.97. The molecule has 0 aliphatic carbocycles. The fourth-order valence-electron chi connectivity index (χ4n) is 3.72. The summed E-state index contributed by atoms with van der Waals surface area (Å²) in [7, 11) is 0. The standard InChI is InChI=1S/C16H27N3O/c1-12-4-3-5-15(18-12)16-10-17-11-19(16)13(2)14-6-8-20-9-7-14/h10-15,18H,3-9H2,1-2H3. The Morgan fingerprint density at radius 1 is 1.30 bits per heavy atom. The van der Waals surface area contributed by atoms with Crippen LogP contribution >= 0.6 is 0 Å². The van der Waals surface area contributed by atoms with E-state index in [9.17, 15) is 0 Å². The third-order valence-corrected chi connectivity index (χ3v) is 5.06. The highest BCUT2D eigenvalue weighted by molar-refractivity contribution is 5.08. The molecule has 0 amide bonds. The van der Waals surface area contributed by atoms with Gasteiger partial charge in [0.05, 0.1) is 12.0 Å². The number of hydrogen-bond acceptors (Lipinski definition) is 3. The van der Waals surface area contributed by atoms with E-state index in [2.05, 4.69) is 34.9 Å². The number of nitrogens with one attached hydrogen (secondary N) is 1. The molecule has 0 aromatic carbocycles. The summed E-state index contributed by atoms with van der Waals surface area (Å²) in [6, 6.07) is 1.62. The number of hydrogen-bond donors (Lipinski definition) is 1. The molecule has 0 spiro atoms. The molecule has 4 nitrogen and oxygen atoms in total. The maximum atomic E-state index is 5.49. The van der Waals surface area contributed by atoms with E-state index in [0.29, 0.717) is 18.1 Å². The smallest absolute Gasteiger partial charge is 0.0951 e. The minimum atomic E-state index is 0.476. The zero-order chi connectivity index (χ0) is 13.9. The normalized spacial score (nSPS) is 30.3. The number of piperidine rings is 1. The van der Waals surface area contributed by atoms with Crippen molar-refractivity contribution in [2.24, 2.45) is 5.92 Å². The molecule has 1 aromatic heterocycles. The van der Waals surface area contributed by atoms with Crippen LogP contribution in [0.5, 0.6) is 0 Å². The highest BCUT2D eigenvalue weighted by Crippen LogP contribution is 2.32. The molecular formula is C16H27N3O. The Balaban J connectivity index is 1.75. The number of ether oxygens (including phenoxy) is 1. The molecule has 2 aliphatic heterocycles. The summed E-state index contributed by atoms with van der Waals surface area (Å²) < 4.78 is 7.90. The van der Waals surface area contributed by atoms with Gasteiger partial charge in [-0.25, -0.2) is 4.98 Å². The topological polar surface area (TPSA) is 39.1 Å². The monoisotopic (exact) mass is 277 g/mol. The van der Waals surface area contributed by atoms with Gasteiger partial charge in [-0.1, -0.05) is 0 Å². The van der Waals surface area contributed by atoms with Gasteiger partial charge in [0.2, 0.25) is 0 Å². The maximum Gasteiger partial charge on any atom is 0.0951 e. The lowest BCUT2D eigenvalue weighted by molar-refractivity contribution is 0.0506. The van der Waals surface area contributed by atoms with Crippen LogP contribution in [-0.2, 0) is 4.74 Å². The minimum Gasteiger partial charge on any atom is -0.381 e. The average molecular weight is 277 g/mol. The Hall–Kier alpha value is -0.870. The number of rotatable bonds is 3. The summed E-state index contributed by atoms with van der Waals surface area (Å²) >= 11 is 0. The summed E-state index contributed by atoms with van der Waals surface area (Å²) in [6.07, 6.45) is 10.3. The van der Waals surface area contributed by atoms with Crippen molar-refractivity contribution >= 4 is 0 Å². The molecule has 20 heavy (non-hydrogen) atoms. The second kappa shape index (κ2) is 6.27. The molecule has 3 atom stereocenters. The molecule has 4 heteroatoms. The van der Waals surface area contributed by atoms with Gasteiger partial charge in [0, 0.05) is 37.5 Å². The van der Waals surface area contributed by atoms with Crippen molar-refractivity contribution in [1.82, 2.24) is 14.9 Å². The molecule has 3 unspecified atom stereocenters. The lowest BCUT2D eigenvalue weighted by Gasteiger charge is -2.33. The van der Waals surface area contributed by atoms with E-state index in [1.54, 1.807) is 0 Å². The van der Waals surface area contributed by atoms with Gasteiger partial charge in [-0.15, -0.1) is 0 Å². The minimum absolute atomic E-state index is 0.476. The molecule has 1 N–H and O–H groups in total. The highest BCUT2D eigenvalue weighted by atomic mass is 16.5. The number of nitrogens with zero attached hydrogens (tertiary/aromatic N) is 2. The second-order valence-corrected chi connectivity index (χ2v) is 6.47. The molecule has 3 heterocycles. The van der Waals surface area contributed by atoms with Gasteiger partial charge in [-0.2, -0.15) is 0 Å². The Morgan fingerprint density at radius 3 is 2.85 bits per heavy atom. The van der Waals surface area contributed by atoms with Gasteiger partial charge in [-0.3, -0.25) is 0 Å². The Kier molecular flexibility index (Phi) is 4.41. The summed E-state index contributed by atoms with van der Waals surface area (Å²) in [6.45, 7) is 6.46. The number of aromatic nitrogens is 2. The molecule has 2 fully saturated rings. The zero-order valence-corrected chi connectivity index (χ0v) is 12.7. The third kappa shape index (κ3) is 2.91. The van der Waals surface area contributed by atoms with E-state index in [-0.39, 0.29) is 0 Å². The molecule has 1 aromatic rings. The molecular weight excluding hydrogens is 250 g/mol. The quantitative estimate of drug-likeness (QED) is 0.923. The van der Waals surface area contributed by atoms with Crippen LogP contribution in [0.15, 0.2) is 12.5 Å². The van der Waals surface area contributed by atoms with Crippen molar-refractivity contribution in [3.8, 4) is 0 Å². The predicted octanol–water partition coefficient (Wildman–Crippen LogP) is 3.07. The van der Waals surface area contributed by atoms with E-state index in [1.807, 2.05) is 6.33 Å². The van der Waals surface area contributed by atoms with Crippen LogP contribution < -0.4 is 5.32 Å². The van der Waals surface area contributed by atoms with Crippen molar-refractivity contribution < 1.29 is 4.74 Å². The van der Waals surface area contributed by atoms with E-state index in [4.69, 9.17) is 4.74 Å². The lowest BCUT2D eigenvalue weighted by atomic mass is 9.91. The van der Waals surface area contributed by atoms with Crippen molar-refractivity contribution in [2.75, 3.05) is 13.2 Å². The largest absolute Gasteiger partial charge is 0.381 e. The Labute approximate surface area is 121 Å². The van der Waals surface area contributed by atoms with Crippen molar-refractivity contribution in [1.29, 1.82) is 0 Å². The molecule has 0 saturated carbocycles. The molecule has 0 bridgehead atoms. The summed E-state index contributed by atoms with van der Waals surface area (Å²) in [5.74, 6) is 0.720. The first kappa shape index (κ1) is 14.1. The van der Waals surface area contributed by atoms with Crippen molar-refractivity contribution in [3.05, 3.63) is 18.2 Å². The lowest BCUT2D eigenvalue weighted by Crippen LogP contribution is -2.36. The fraction of sp³-hybridized carbons (Fsp3) is 0.812. The molecule has 2 saturated heterocycles. The van der Waals surface area contributed by atoms with Crippen molar-refractivity contribution in [3.63, 3.8) is 0 Å². The predicted molar refractivity (Wildman–Crippen MR) is 79.7 cm³/mol. The molecule has 0 radical (unpaired) electrons. The maximum absolute atomic E-state index is 5.49. The first-order chi connectivity index (χ1) is 9.75. The van der Waals surface area contributed by atoms with Gasteiger partial charge < -0.3 is 14.6 Å². The van der Waals surface area contributed by atoms with E-state index in [0.717, 1.165) is 19.1 Å².